The van der Waals surface area contributed by atoms with Crippen molar-refractivity contribution in [3.63, 3.8) is 0 Å². The van der Waals surface area contributed by atoms with Gasteiger partial charge < -0.3 is 14.6 Å². The number of rotatable bonds is 3. The van der Waals surface area contributed by atoms with Crippen LogP contribution in [-0.2, 0) is 4.79 Å². The third-order valence-corrected chi connectivity index (χ3v) is 5.48. The lowest BCUT2D eigenvalue weighted by molar-refractivity contribution is -0.141. The Hall–Kier alpha value is -1.78. The van der Waals surface area contributed by atoms with Gasteiger partial charge in [-0.15, -0.1) is 0 Å². The van der Waals surface area contributed by atoms with E-state index in [1.54, 1.807) is 4.90 Å². The number of aromatic nitrogens is 1. The summed E-state index contributed by atoms with van der Waals surface area (Å²) in [6, 6.07) is 2.50. The summed E-state index contributed by atoms with van der Waals surface area (Å²) in [5.41, 5.74) is 2.93. The maximum atomic E-state index is 12.8. The molecule has 1 atom stereocenters. The average Bonchev–Trinajstić information content (AvgIpc) is 3.13. The molecule has 0 bridgehead atoms. The molecule has 2 heterocycles. The predicted octanol–water partition coefficient (Wildman–Crippen LogP) is 3.16. The van der Waals surface area contributed by atoms with Crippen LogP contribution < -0.4 is 0 Å². The largest absolute Gasteiger partial charge is 0.481 e. The zero-order valence-corrected chi connectivity index (χ0v) is 14.0. The van der Waals surface area contributed by atoms with E-state index >= 15 is 0 Å². The van der Waals surface area contributed by atoms with E-state index in [-0.39, 0.29) is 5.91 Å². The van der Waals surface area contributed by atoms with Gasteiger partial charge in [0.25, 0.3) is 5.91 Å². The van der Waals surface area contributed by atoms with Crippen LogP contribution in [0.2, 0.25) is 0 Å². The lowest BCUT2D eigenvalue weighted by Gasteiger charge is -2.26. The summed E-state index contributed by atoms with van der Waals surface area (Å²) in [5.74, 6) is -1.22. The second-order valence-electron chi connectivity index (χ2n) is 7.02. The van der Waals surface area contributed by atoms with E-state index in [4.69, 9.17) is 5.11 Å². The highest BCUT2D eigenvalue weighted by atomic mass is 16.4. The molecule has 126 valence electrons. The van der Waals surface area contributed by atoms with Gasteiger partial charge in [-0.1, -0.05) is 19.3 Å². The highest BCUT2D eigenvalue weighted by Crippen LogP contribution is 2.33. The number of nitrogens with zero attached hydrogens (tertiary/aromatic N) is 2. The molecule has 0 radical (unpaired) electrons. The van der Waals surface area contributed by atoms with Crippen LogP contribution in [0.25, 0.3) is 0 Å². The number of likely N-dealkylation sites (tertiary alicyclic amines) is 1. The summed E-state index contributed by atoms with van der Waals surface area (Å²) in [4.78, 5) is 25.6. The maximum absolute atomic E-state index is 12.8. The Morgan fingerprint density at radius 2 is 1.83 bits per heavy atom. The Balaban J connectivity index is 1.80. The zero-order valence-electron chi connectivity index (χ0n) is 14.0. The SMILES string of the molecule is Cc1cc(C(=O)N2CC[C@@H](C(=O)O)C2)c(C)n1C1CCCCC1. The fraction of sp³-hybridized carbons (Fsp3) is 0.667. The Kier molecular flexibility index (Phi) is 4.46. The molecule has 2 aliphatic rings. The van der Waals surface area contributed by atoms with E-state index in [0.717, 1.165) is 17.0 Å². The van der Waals surface area contributed by atoms with E-state index < -0.39 is 11.9 Å². The van der Waals surface area contributed by atoms with Crippen molar-refractivity contribution in [2.45, 2.75) is 58.4 Å². The number of carbonyl (C=O) groups excluding carboxylic acids is 1. The molecule has 5 heteroatoms. The van der Waals surface area contributed by atoms with Crippen molar-refractivity contribution in [2.75, 3.05) is 13.1 Å². The Labute approximate surface area is 137 Å². The van der Waals surface area contributed by atoms with Crippen LogP contribution in [0.15, 0.2) is 6.07 Å². The van der Waals surface area contributed by atoms with Gasteiger partial charge >= 0.3 is 5.97 Å². The van der Waals surface area contributed by atoms with Crippen LogP contribution in [0.5, 0.6) is 0 Å². The van der Waals surface area contributed by atoms with Crippen molar-refractivity contribution < 1.29 is 14.7 Å². The molecule has 5 nitrogen and oxygen atoms in total. The molecule has 0 aromatic carbocycles. The summed E-state index contributed by atoms with van der Waals surface area (Å²) in [5, 5.41) is 9.11. The van der Waals surface area contributed by atoms with E-state index in [2.05, 4.69) is 11.5 Å². The van der Waals surface area contributed by atoms with E-state index in [0.29, 0.717) is 25.6 Å². The van der Waals surface area contributed by atoms with Gasteiger partial charge in [-0.25, -0.2) is 0 Å². The molecule has 1 saturated heterocycles. The average molecular weight is 318 g/mol. The first-order valence-corrected chi connectivity index (χ1v) is 8.69. The highest BCUT2D eigenvalue weighted by Gasteiger charge is 2.33. The first-order chi connectivity index (χ1) is 11.0. The second kappa shape index (κ2) is 6.38. The molecule has 1 aromatic heterocycles. The van der Waals surface area contributed by atoms with Gasteiger partial charge in [-0.05, 0) is 39.2 Å². The summed E-state index contributed by atoms with van der Waals surface area (Å²) in [6.07, 6.45) is 6.77. The molecule has 1 amide bonds. The number of carboxylic acid groups (broad SMARTS) is 1. The lowest BCUT2D eigenvalue weighted by atomic mass is 9.95. The minimum absolute atomic E-state index is 0.0103. The molecule has 1 aromatic rings. The fourth-order valence-corrected chi connectivity index (χ4v) is 4.21. The highest BCUT2D eigenvalue weighted by molar-refractivity contribution is 5.96. The Morgan fingerprint density at radius 1 is 1.13 bits per heavy atom. The Bertz CT molecular complexity index is 614. The van der Waals surface area contributed by atoms with Crippen molar-refractivity contribution >= 4 is 11.9 Å². The van der Waals surface area contributed by atoms with Crippen molar-refractivity contribution in [1.29, 1.82) is 0 Å². The van der Waals surface area contributed by atoms with Gasteiger partial charge in [0.05, 0.1) is 11.5 Å². The van der Waals surface area contributed by atoms with Gasteiger partial charge in [-0.3, -0.25) is 9.59 Å². The summed E-state index contributed by atoms with van der Waals surface area (Å²) in [6.45, 7) is 4.98. The van der Waals surface area contributed by atoms with Crippen molar-refractivity contribution in [2.24, 2.45) is 5.92 Å². The molecule has 1 aliphatic carbocycles. The number of carboxylic acids is 1. The molecule has 2 fully saturated rings. The fourth-order valence-electron chi connectivity index (χ4n) is 4.21. The quantitative estimate of drug-likeness (QED) is 0.931. The van der Waals surface area contributed by atoms with Crippen LogP contribution in [0.3, 0.4) is 0 Å². The Morgan fingerprint density at radius 3 is 2.43 bits per heavy atom. The molecule has 0 spiro atoms. The van der Waals surface area contributed by atoms with Gasteiger partial charge in [0, 0.05) is 30.5 Å². The van der Waals surface area contributed by atoms with Gasteiger partial charge in [0.1, 0.15) is 0 Å². The first kappa shape index (κ1) is 16.1. The summed E-state index contributed by atoms with van der Waals surface area (Å²) < 4.78 is 2.33. The molecule has 3 rings (SSSR count). The summed E-state index contributed by atoms with van der Waals surface area (Å²) in [7, 11) is 0. The topological polar surface area (TPSA) is 62.5 Å². The van der Waals surface area contributed by atoms with Crippen LogP contribution in [0.4, 0.5) is 0 Å². The lowest BCUT2D eigenvalue weighted by Crippen LogP contribution is -2.30. The number of hydrogen-bond acceptors (Lipinski definition) is 2. The van der Waals surface area contributed by atoms with Gasteiger partial charge in [-0.2, -0.15) is 0 Å². The summed E-state index contributed by atoms with van der Waals surface area (Å²) >= 11 is 0. The molecule has 1 N–H and O–H groups in total. The molecule has 1 saturated carbocycles. The zero-order chi connectivity index (χ0) is 16.6. The smallest absolute Gasteiger partial charge is 0.308 e. The van der Waals surface area contributed by atoms with Crippen LogP contribution in [-0.4, -0.2) is 39.5 Å². The molecule has 23 heavy (non-hydrogen) atoms. The van der Waals surface area contributed by atoms with Crippen LogP contribution in [0, 0.1) is 19.8 Å². The van der Waals surface area contributed by atoms with Crippen molar-refractivity contribution in [3.05, 3.63) is 23.0 Å². The van der Waals surface area contributed by atoms with Crippen LogP contribution in [0.1, 0.15) is 66.3 Å². The third kappa shape index (κ3) is 3.01. The minimum atomic E-state index is -0.798. The number of carbonyl (C=O) groups is 2. The monoisotopic (exact) mass is 318 g/mol. The van der Waals surface area contributed by atoms with Gasteiger partial charge in [0.2, 0.25) is 0 Å². The normalized spacial score (nSPS) is 22.5. The van der Waals surface area contributed by atoms with Crippen molar-refractivity contribution in [1.82, 2.24) is 9.47 Å². The second-order valence-corrected chi connectivity index (χ2v) is 7.02. The van der Waals surface area contributed by atoms with Crippen LogP contribution >= 0.6 is 0 Å². The van der Waals surface area contributed by atoms with Crippen molar-refractivity contribution in [3.8, 4) is 0 Å². The number of hydrogen-bond donors (Lipinski definition) is 1. The molecular formula is C18H26N2O3. The number of aryl methyl sites for hydroxylation is 1. The number of aliphatic carboxylic acids is 1. The molecular weight excluding hydrogens is 292 g/mol. The predicted molar refractivity (Wildman–Crippen MR) is 87.7 cm³/mol. The first-order valence-electron chi connectivity index (χ1n) is 8.69. The maximum Gasteiger partial charge on any atom is 0.308 e. The number of amides is 1. The third-order valence-electron chi connectivity index (χ3n) is 5.48. The van der Waals surface area contributed by atoms with Gasteiger partial charge in [0.15, 0.2) is 0 Å². The molecule has 0 unspecified atom stereocenters. The molecule has 1 aliphatic heterocycles. The van der Waals surface area contributed by atoms with E-state index in [1.165, 1.54) is 32.1 Å². The standard InChI is InChI=1S/C18H26N2O3/c1-12-10-16(13(2)20(12)15-6-4-3-5-7-15)17(21)19-9-8-14(11-19)18(22)23/h10,14-15H,3-9,11H2,1-2H3,(H,22,23)/t14-/m1/s1. The minimum Gasteiger partial charge on any atom is -0.481 e. The van der Waals surface area contributed by atoms with E-state index in [1.807, 2.05) is 13.0 Å². The van der Waals surface area contributed by atoms with E-state index in [9.17, 15) is 9.59 Å².